The summed E-state index contributed by atoms with van der Waals surface area (Å²) in [6.07, 6.45) is 4.93. The van der Waals surface area contributed by atoms with E-state index in [4.69, 9.17) is 4.74 Å². The summed E-state index contributed by atoms with van der Waals surface area (Å²) in [6, 6.07) is 8.72. The average molecular weight is 251 g/mol. The molecule has 3 heteroatoms. The maximum atomic E-state index is 5.17. The second kappa shape index (κ2) is 5.32. The third-order valence-electron chi connectivity index (χ3n) is 3.59. The van der Waals surface area contributed by atoms with Gasteiger partial charge in [0.25, 0.3) is 0 Å². The van der Waals surface area contributed by atoms with Crippen LogP contribution >= 0.6 is 11.8 Å². The Kier molecular flexibility index (Phi) is 4.00. The van der Waals surface area contributed by atoms with Crippen LogP contribution in [0.4, 0.5) is 0 Å². The maximum Gasteiger partial charge on any atom is 0.118 e. The Morgan fingerprint density at radius 3 is 2.47 bits per heavy atom. The van der Waals surface area contributed by atoms with E-state index in [1.54, 1.807) is 7.11 Å². The van der Waals surface area contributed by atoms with Crippen LogP contribution in [-0.2, 0) is 0 Å². The number of hydrogen-bond donors (Lipinski definition) is 1. The molecule has 1 atom stereocenters. The van der Waals surface area contributed by atoms with Crippen molar-refractivity contribution in [1.82, 2.24) is 5.32 Å². The zero-order chi connectivity index (χ0) is 12.3. The van der Waals surface area contributed by atoms with E-state index in [0.717, 1.165) is 12.3 Å². The van der Waals surface area contributed by atoms with Gasteiger partial charge in [0.15, 0.2) is 0 Å². The molecule has 0 radical (unpaired) electrons. The van der Waals surface area contributed by atoms with E-state index in [9.17, 15) is 0 Å². The van der Waals surface area contributed by atoms with Crippen molar-refractivity contribution in [2.24, 2.45) is 0 Å². The molecule has 2 rings (SSSR count). The van der Waals surface area contributed by atoms with Gasteiger partial charge >= 0.3 is 0 Å². The Balaban J connectivity index is 1.88. The van der Waals surface area contributed by atoms with Crippen LogP contribution in [0.2, 0.25) is 0 Å². The van der Waals surface area contributed by atoms with E-state index in [0.29, 0.717) is 10.8 Å². The van der Waals surface area contributed by atoms with Gasteiger partial charge in [0.1, 0.15) is 5.75 Å². The number of ether oxygens (including phenoxy) is 1. The lowest BCUT2D eigenvalue weighted by Crippen LogP contribution is -2.28. The Morgan fingerprint density at radius 1 is 1.35 bits per heavy atom. The van der Waals surface area contributed by atoms with Gasteiger partial charge in [0.05, 0.1) is 7.11 Å². The van der Waals surface area contributed by atoms with E-state index < -0.39 is 0 Å². The van der Waals surface area contributed by atoms with Crippen LogP contribution in [0.25, 0.3) is 0 Å². The van der Waals surface area contributed by atoms with Crippen molar-refractivity contribution in [2.45, 2.75) is 30.6 Å². The Hall–Kier alpha value is -0.670. The fraction of sp³-hybridized carbons (Fsp3) is 0.571. The quantitative estimate of drug-likeness (QED) is 0.838. The van der Waals surface area contributed by atoms with Crippen molar-refractivity contribution in [3.8, 4) is 5.75 Å². The molecule has 17 heavy (non-hydrogen) atoms. The van der Waals surface area contributed by atoms with Crippen LogP contribution < -0.4 is 10.1 Å². The predicted molar refractivity (Wildman–Crippen MR) is 74.9 cm³/mol. The van der Waals surface area contributed by atoms with Gasteiger partial charge in [-0.25, -0.2) is 0 Å². The summed E-state index contributed by atoms with van der Waals surface area (Å²) in [4.78, 5) is 0. The summed E-state index contributed by atoms with van der Waals surface area (Å²) < 4.78 is 5.70. The van der Waals surface area contributed by atoms with Gasteiger partial charge in [-0.3, -0.25) is 0 Å². The van der Waals surface area contributed by atoms with Crippen molar-refractivity contribution >= 4 is 11.8 Å². The normalized spacial score (nSPS) is 18.8. The van der Waals surface area contributed by atoms with Crippen molar-refractivity contribution in [3.63, 3.8) is 0 Å². The van der Waals surface area contributed by atoms with Crippen LogP contribution in [0, 0.1) is 0 Å². The summed E-state index contributed by atoms with van der Waals surface area (Å²) in [5, 5.41) is 3.63. The summed E-state index contributed by atoms with van der Waals surface area (Å²) in [7, 11) is 1.70. The molecule has 1 saturated carbocycles. The molecule has 0 amide bonds. The molecule has 1 unspecified atom stereocenters. The summed E-state index contributed by atoms with van der Waals surface area (Å²) in [5.41, 5.74) is 1.32. The van der Waals surface area contributed by atoms with Gasteiger partial charge in [0.2, 0.25) is 0 Å². The largest absolute Gasteiger partial charge is 0.497 e. The highest BCUT2D eigenvalue weighted by atomic mass is 32.2. The summed E-state index contributed by atoms with van der Waals surface area (Å²) >= 11 is 2.00. The number of methoxy groups -OCH3 is 1. The van der Waals surface area contributed by atoms with Gasteiger partial charge in [-0.15, -0.1) is 0 Å². The SMILES string of the molecule is COc1ccc(C(C)NCC2(SC)CC2)cc1. The first-order chi connectivity index (χ1) is 8.19. The standard InChI is InChI=1S/C14H21NOS/c1-11(15-10-14(17-3)8-9-14)12-4-6-13(16-2)7-5-12/h4-7,11,15H,8-10H2,1-3H3. The maximum absolute atomic E-state index is 5.17. The molecular formula is C14H21NOS. The molecule has 2 nitrogen and oxygen atoms in total. The highest BCUT2D eigenvalue weighted by Gasteiger charge is 2.41. The van der Waals surface area contributed by atoms with E-state index in [1.807, 2.05) is 23.9 Å². The lowest BCUT2D eigenvalue weighted by molar-refractivity contribution is 0.414. The van der Waals surface area contributed by atoms with E-state index in [-0.39, 0.29) is 0 Å². The Labute approximate surface area is 108 Å². The van der Waals surface area contributed by atoms with Crippen LogP contribution in [-0.4, -0.2) is 24.7 Å². The topological polar surface area (TPSA) is 21.3 Å². The summed E-state index contributed by atoms with van der Waals surface area (Å²) in [6.45, 7) is 3.33. The lowest BCUT2D eigenvalue weighted by Gasteiger charge is -2.19. The molecule has 0 heterocycles. The fourth-order valence-electron chi connectivity index (χ4n) is 1.94. The zero-order valence-corrected chi connectivity index (χ0v) is 11.6. The van der Waals surface area contributed by atoms with E-state index in [2.05, 4.69) is 30.6 Å². The first-order valence-corrected chi connectivity index (χ1v) is 7.34. The second-order valence-electron chi connectivity index (χ2n) is 4.76. The van der Waals surface area contributed by atoms with Crippen LogP contribution in [0.3, 0.4) is 0 Å². The third-order valence-corrected chi connectivity index (χ3v) is 5.01. The van der Waals surface area contributed by atoms with Crippen molar-refractivity contribution in [2.75, 3.05) is 19.9 Å². The Bertz CT molecular complexity index is 359. The van der Waals surface area contributed by atoms with Crippen molar-refractivity contribution < 1.29 is 4.74 Å². The van der Waals surface area contributed by atoms with Gasteiger partial charge in [0, 0.05) is 17.3 Å². The number of hydrogen-bond acceptors (Lipinski definition) is 3. The van der Waals surface area contributed by atoms with Gasteiger partial charge in [-0.2, -0.15) is 11.8 Å². The highest BCUT2D eigenvalue weighted by molar-refractivity contribution is 8.00. The molecular weight excluding hydrogens is 230 g/mol. The molecule has 0 spiro atoms. The van der Waals surface area contributed by atoms with Gasteiger partial charge in [-0.05, 0) is 43.7 Å². The number of nitrogens with one attached hydrogen (secondary N) is 1. The number of rotatable bonds is 6. The van der Waals surface area contributed by atoms with E-state index >= 15 is 0 Å². The van der Waals surface area contributed by atoms with Gasteiger partial charge < -0.3 is 10.1 Å². The minimum Gasteiger partial charge on any atom is -0.497 e. The molecule has 1 aromatic carbocycles. The molecule has 94 valence electrons. The molecule has 0 aliphatic heterocycles. The lowest BCUT2D eigenvalue weighted by atomic mass is 10.1. The van der Waals surface area contributed by atoms with Crippen molar-refractivity contribution in [1.29, 1.82) is 0 Å². The first-order valence-electron chi connectivity index (χ1n) is 6.12. The second-order valence-corrected chi connectivity index (χ2v) is 6.04. The number of thioether (sulfide) groups is 1. The van der Waals surface area contributed by atoms with Crippen LogP contribution in [0.1, 0.15) is 31.4 Å². The molecule has 0 aromatic heterocycles. The first kappa shape index (κ1) is 12.8. The fourth-order valence-corrected chi connectivity index (χ4v) is 2.68. The Morgan fingerprint density at radius 2 is 2.00 bits per heavy atom. The molecule has 1 N–H and O–H groups in total. The third kappa shape index (κ3) is 3.17. The molecule has 1 aromatic rings. The van der Waals surface area contributed by atoms with E-state index in [1.165, 1.54) is 18.4 Å². The highest BCUT2D eigenvalue weighted by Crippen LogP contribution is 2.46. The summed E-state index contributed by atoms with van der Waals surface area (Å²) in [5.74, 6) is 0.920. The molecule has 0 bridgehead atoms. The zero-order valence-electron chi connectivity index (χ0n) is 10.8. The minimum atomic E-state index is 0.408. The molecule has 0 saturated heterocycles. The molecule has 1 aliphatic rings. The smallest absolute Gasteiger partial charge is 0.118 e. The molecule has 1 fully saturated rings. The van der Waals surface area contributed by atoms with Gasteiger partial charge in [-0.1, -0.05) is 12.1 Å². The predicted octanol–water partition coefficient (Wildman–Crippen LogP) is 3.24. The van der Waals surface area contributed by atoms with Crippen molar-refractivity contribution in [3.05, 3.63) is 29.8 Å². The average Bonchev–Trinajstić information content (AvgIpc) is 3.17. The monoisotopic (exact) mass is 251 g/mol. The van der Waals surface area contributed by atoms with Crippen LogP contribution in [0.15, 0.2) is 24.3 Å². The van der Waals surface area contributed by atoms with Crippen LogP contribution in [0.5, 0.6) is 5.75 Å². The molecule has 1 aliphatic carbocycles. The number of benzene rings is 1. The minimum absolute atomic E-state index is 0.408.